The molecule has 6 heteroatoms. The maximum Gasteiger partial charge on any atom is 0.0822 e. The van der Waals surface area contributed by atoms with Crippen molar-refractivity contribution in [3.8, 4) is 0 Å². The normalized spacial score (nSPS) is 14.9. The van der Waals surface area contributed by atoms with Gasteiger partial charge >= 0.3 is 0 Å². The van der Waals surface area contributed by atoms with Gasteiger partial charge in [-0.15, -0.1) is 13.2 Å². The molecule has 0 fully saturated rings. The van der Waals surface area contributed by atoms with Gasteiger partial charge in [0.15, 0.2) is 0 Å². The predicted octanol–water partition coefficient (Wildman–Crippen LogP) is -1.03. The molecule has 0 aromatic rings. The van der Waals surface area contributed by atoms with Gasteiger partial charge in [-0.05, 0) is 13.8 Å². The highest BCUT2D eigenvalue weighted by Crippen LogP contribution is 2.17. The third-order valence-electron chi connectivity index (χ3n) is 2.47. The Bertz CT molecular complexity index is 372. The molecular weight excluding hydrogens is 264 g/mol. The standard InChI is InChI=1S/C14H20O6/c1-5-7-19-9(3)11(13(15)16)12(14(17)18)10(4)20-8-6-2/h5-6,9-10H,1-2,7-8H2,3-4H3,(H,15,16)(H,17,18)/p-2/b12-11-. The van der Waals surface area contributed by atoms with E-state index in [9.17, 15) is 19.8 Å². The highest BCUT2D eigenvalue weighted by atomic mass is 16.5. The number of aliphatic carboxylic acids is 2. The van der Waals surface area contributed by atoms with Crippen molar-refractivity contribution in [3.05, 3.63) is 36.5 Å². The molecule has 20 heavy (non-hydrogen) atoms. The highest BCUT2D eigenvalue weighted by Gasteiger charge is 2.21. The summed E-state index contributed by atoms with van der Waals surface area (Å²) in [6.07, 6.45) is 0.834. The molecule has 0 rings (SSSR count). The first kappa shape index (κ1) is 18.1. The van der Waals surface area contributed by atoms with E-state index in [1.165, 1.54) is 26.0 Å². The van der Waals surface area contributed by atoms with Crippen LogP contribution >= 0.6 is 0 Å². The number of hydrogen-bond acceptors (Lipinski definition) is 6. The van der Waals surface area contributed by atoms with Crippen LogP contribution in [0.25, 0.3) is 0 Å². The minimum atomic E-state index is -1.64. The Morgan fingerprint density at radius 2 is 1.25 bits per heavy atom. The van der Waals surface area contributed by atoms with Gasteiger partial charge in [-0.3, -0.25) is 0 Å². The van der Waals surface area contributed by atoms with Gasteiger partial charge in [0, 0.05) is 11.1 Å². The fraction of sp³-hybridized carbons (Fsp3) is 0.429. The topological polar surface area (TPSA) is 98.7 Å². The van der Waals surface area contributed by atoms with Gasteiger partial charge in [0.2, 0.25) is 0 Å². The second-order valence-electron chi connectivity index (χ2n) is 3.93. The zero-order valence-corrected chi connectivity index (χ0v) is 11.6. The zero-order chi connectivity index (χ0) is 15.7. The Labute approximate surface area is 118 Å². The summed E-state index contributed by atoms with van der Waals surface area (Å²) in [6.45, 7) is 9.79. The molecule has 112 valence electrons. The predicted molar refractivity (Wildman–Crippen MR) is 68.3 cm³/mol. The monoisotopic (exact) mass is 282 g/mol. The Balaban J connectivity index is 5.54. The van der Waals surface area contributed by atoms with E-state index in [0.29, 0.717) is 0 Å². The number of ether oxygens (including phenoxy) is 2. The molecular formula is C14H18O6-2. The Hall–Kier alpha value is -1.92. The van der Waals surface area contributed by atoms with Gasteiger partial charge in [-0.2, -0.15) is 0 Å². The van der Waals surface area contributed by atoms with Crippen molar-refractivity contribution < 1.29 is 29.3 Å². The van der Waals surface area contributed by atoms with Crippen molar-refractivity contribution in [1.29, 1.82) is 0 Å². The molecule has 0 bridgehead atoms. The van der Waals surface area contributed by atoms with Gasteiger partial charge in [-0.25, -0.2) is 0 Å². The number of rotatable bonds is 10. The fourth-order valence-corrected chi connectivity index (χ4v) is 1.58. The van der Waals surface area contributed by atoms with E-state index >= 15 is 0 Å². The molecule has 2 unspecified atom stereocenters. The first-order valence-corrected chi connectivity index (χ1v) is 5.98. The molecule has 0 spiro atoms. The maximum atomic E-state index is 11.2. The van der Waals surface area contributed by atoms with Crippen molar-refractivity contribution in [2.24, 2.45) is 0 Å². The average molecular weight is 282 g/mol. The van der Waals surface area contributed by atoms with Gasteiger partial charge in [0.1, 0.15) is 0 Å². The molecule has 0 aliphatic carbocycles. The quantitative estimate of drug-likeness (QED) is 0.375. The van der Waals surface area contributed by atoms with Gasteiger partial charge < -0.3 is 29.3 Å². The van der Waals surface area contributed by atoms with Crippen LogP contribution in [0.3, 0.4) is 0 Å². The lowest BCUT2D eigenvalue weighted by Gasteiger charge is -2.26. The largest absolute Gasteiger partial charge is 0.545 e. The second-order valence-corrected chi connectivity index (χ2v) is 3.93. The third-order valence-corrected chi connectivity index (χ3v) is 2.47. The molecule has 2 atom stereocenters. The molecule has 0 aromatic carbocycles. The summed E-state index contributed by atoms with van der Waals surface area (Å²) in [7, 11) is 0. The number of hydrogen-bond donors (Lipinski definition) is 0. The van der Waals surface area contributed by atoms with Crippen LogP contribution in [0, 0.1) is 0 Å². The zero-order valence-electron chi connectivity index (χ0n) is 11.6. The van der Waals surface area contributed by atoms with E-state index in [1.807, 2.05) is 0 Å². The lowest BCUT2D eigenvalue weighted by Crippen LogP contribution is -2.40. The first-order chi connectivity index (χ1) is 9.36. The fourth-order valence-electron chi connectivity index (χ4n) is 1.58. The highest BCUT2D eigenvalue weighted by molar-refractivity contribution is 5.98. The van der Waals surface area contributed by atoms with E-state index in [1.54, 1.807) is 0 Å². The molecule has 0 saturated heterocycles. The summed E-state index contributed by atoms with van der Waals surface area (Å²) in [4.78, 5) is 22.4. The summed E-state index contributed by atoms with van der Waals surface area (Å²) in [5.41, 5.74) is -1.02. The van der Waals surface area contributed by atoms with Crippen LogP contribution in [-0.2, 0) is 19.1 Å². The number of carbonyl (C=O) groups is 2. The molecule has 0 N–H and O–H groups in total. The summed E-state index contributed by atoms with van der Waals surface area (Å²) >= 11 is 0. The molecule has 0 aromatic heterocycles. The first-order valence-electron chi connectivity index (χ1n) is 5.98. The summed E-state index contributed by atoms with van der Waals surface area (Å²) < 4.78 is 10.3. The molecule has 0 aliphatic heterocycles. The minimum Gasteiger partial charge on any atom is -0.545 e. The molecule has 6 nitrogen and oxygen atoms in total. The lowest BCUT2D eigenvalue weighted by atomic mass is 9.99. The van der Waals surface area contributed by atoms with Gasteiger partial charge in [0.25, 0.3) is 0 Å². The van der Waals surface area contributed by atoms with Crippen molar-refractivity contribution in [3.63, 3.8) is 0 Å². The lowest BCUT2D eigenvalue weighted by molar-refractivity contribution is -0.305. The number of carboxylic acids is 2. The van der Waals surface area contributed by atoms with Crippen molar-refractivity contribution >= 4 is 11.9 Å². The smallest absolute Gasteiger partial charge is 0.0822 e. The van der Waals surface area contributed by atoms with E-state index in [4.69, 9.17) is 9.47 Å². The van der Waals surface area contributed by atoms with Crippen LogP contribution in [0.15, 0.2) is 36.5 Å². The van der Waals surface area contributed by atoms with Crippen LogP contribution in [0.2, 0.25) is 0 Å². The molecule has 0 radical (unpaired) electrons. The maximum absolute atomic E-state index is 11.2. The Morgan fingerprint density at radius 1 is 0.950 bits per heavy atom. The average Bonchev–Trinajstić information content (AvgIpc) is 2.38. The van der Waals surface area contributed by atoms with Crippen LogP contribution in [0.1, 0.15) is 13.8 Å². The molecule has 0 heterocycles. The van der Waals surface area contributed by atoms with Gasteiger partial charge in [0.05, 0.1) is 37.4 Å². The van der Waals surface area contributed by atoms with Gasteiger partial charge in [-0.1, -0.05) is 12.2 Å². The van der Waals surface area contributed by atoms with E-state index in [2.05, 4.69) is 13.2 Å². The van der Waals surface area contributed by atoms with E-state index < -0.39 is 35.3 Å². The van der Waals surface area contributed by atoms with Crippen LogP contribution in [0.5, 0.6) is 0 Å². The molecule has 0 aliphatic rings. The Kier molecular flexibility index (Phi) is 8.19. The van der Waals surface area contributed by atoms with Crippen molar-refractivity contribution in [2.45, 2.75) is 26.1 Å². The van der Waals surface area contributed by atoms with Crippen molar-refractivity contribution in [1.82, 2.24) is 0 Å². The van der Waals surface area contributed by atoms with Crippen LogP contribution in [0.4, 0.5) is 0 Å². The third kappa shape index (κ3) is 5.38. The number of carboxylic acid groups (broad SMARTS) is 2. The van der Waals surface area contributed by atoms with E-state index in [0.717, 1.165) is 0 Å². The second kappa shape index (κ2) is 9.06. The number of carbonyl (C=O) groups excluding carboxylic acids is 2. The summed E-state index contributed by atoms with van der Waals surface area (Å²) in [5, 5.41) is 22.4. The molecule has 0 saturated carbocycles. The van der Waals surface area contributed by atoms with Crippen molar-refractivity contribution in [2.75, 3.05) is 13.2 Å². The van der Waals surface area contributed by atoms with Crippen LogP contribution in [-0.4, -0.2) is 37.4 Å². The summed E-state index contributed by atoms with van der Waals surface area (Å²) in [5.74, 6) is -3.29. The van der Waals surface area contributed by atoms with Crippen LogP contribution < -0.4 is 10.2 Å². The summed E-state index contributed by atoms with van der Waals surface area (Å²) in [6, 6.07) is 0. The minimum absolute atomic E-state index is 0.0696. The Morgan fingerprint density at radius 3 is 1.45 bits per heavy atom. The SMILES string of the molecule is C=CCOC(C)/C(C(=O)[O-])=C(/C(=O)[O-])C(C)OCC=C. The van der Waals surface area contributed by atoms with E-state index in [-0.39, 0.29) is 13.2 Å². The molecule has 0 amide bonds.